The van der Waals surface area contributed by atoms with Crippen molar-refractivity contribution in [2.24, 2.45) is 4.99 Å². The number of phenols is 1. The SMILES string of the molecule is Cc1cc(Br)c(O)c(C=Nc2ccc(Cl)cc2Cl)c1. The van der Waals surface area contributed by atoms with E-state index in [2.05, 4.69) is 20.9 Å². The van der Waals surface area contributed by atoms with Crippen LogP contribution in [-0.4, -0.2) is 11.3 Å². The van der Waals surface area contributed by atoms with Gasteiger partial charge in [-0.2, -0.15) is 0 Å². The van der Waals surface area contributed by atoms with Crippen LogP contribution in [0.2, 0.25) is 10.0 Å². The maximum absolute atomic E-state index is 9.92. The van der Waals surface area contributed by atoms with Crippen LogP contribution in [0.3, 0.4) is 0 Å². The Labute approximate surface area is 129 Å². The third kappa shape index (κ3) is 3.50. The predicted molar refractivity (Wildman–Crippen MR) is 84.3 cm³/mol. The maximum Gasteiger partial charge on any atom is 0.138 e. The summed E-state index contributed by atoms with van der Waals surface area (Å²) >= 11 is 15.1. The van der Waals surface area contributed by atoms with Crippen LogP contribution in [0.15, 0.2) is 39.8 Å². The summed E-state index contributed by atoms with van der Waals surface area (Å²) in [5.74, 6) is 0.152. The standard InChI is InChI=1S/C14H10BrCl2NO/c1-8-4-9(14(19)11(15)5-8)7-18-13-3-2-10(16)6-12(13)17/h2-7,19H,1H3. The molecule has 0 bridgehead atoms. The van der Waals surface area contributed by atoms with Gasteiger partial charge in [0.15, 0.2) is 0 Å². The minimum absolute atomic E-state index is 0.152. The first-order chi connectivity index (χ1) is 8.97. The Balaban J connectivity index is 2.38. The summed E-state index contributed by atoms with van der Waals surface area (Å²) in [6, 6.07) is 8.74. The van der Waals surface area contributed by atoms with Crippen LogP contribution < -0.4 is 0 Å². The van der Waals surface area contributed by atoms with E-state index in [4.69, 9.17) is 23.2 Å². The van der Waals surface area contributed by atoms with Gasteiger partial charge in [-0.1, -0.05) is 23.2 Å². The zero-order chi connectivity index (χ0) is 14.0. The number of hydrogen-bond donors (Lipinski definition) is 1. The Bertz CT molecular complexity index is 656. The van der Waals surface area contributed by atoms with E-state index in [1.807, 2.05) is 19.1 Å². The molecule has 0 saturated heterocycles. The third-order valence-electron chi connectivity index (χ3n) is 2.49. The average molecular weight is 359 g/mol. The largest absolute Gasteiger partial charge is 0.506 e. The number of hydrogen-bond acceptors (Lipinski definition) is 2. The minimum atomic E-state index is 0.152. The van der Waals surface area contributed by atoms with Crippen molar-refractivity contribution in [3.05, 3.63) is 56.0 Å². The molecule has 2 rings (SSSR count). The molecule has 0 aliphatic carbocycles. The van der Waals surface area contributed by atoms with Gasteiger partial charge in [0.1, 0.15) is 5.75 Å². The van der Waals surface area contributed by atoms with E-state index in [1.165, 1.54) is 0 Å². The lowest BCUT2D eigenvalue weighted by atomic mass is 10.1. The molecule has 0 fully saturated rings. The van der Waals surface area contributed by atoms with Crippen molar-refractivity contribution in [2.75, 3.05) is 0 Å². The number of aliphatic imine (C=N–C) groups is 1. The number of nitrogens with zero attached hydrogens (tertiary/aromatic N) is 1. The fourth-order valence-electron chi connectivity index (χ4n) is 1.58. The smallest absolute Gasteiger partial charge is 0.138 e. The Morgan fingerprint density at radius 3 is 2.63 bits per heavy atom. The van der Waals surface area contributed by atoms with Crippen molar-refractivity contribution in [2.45, 2.75) is 6.92 Å². The van der Waals surface area contributed by atoms with Crippen LogP contribution >= 0.6 is 39.1 Å². The van der Waals surface area contributed by atoms with Gasteiger partial charge in [0, 0.05) is 16.8 Å². The van der Waals surface area contributed by atoms with Gasteiger partial charge in [0.05, 0.1) is 15.2 Å². The van der Waals surface area contributed by atoms with E-state index in [1.54, 1.807) is 24.4 Å². The molecule has 98 valence electrons. The molecule has 0 aliphatic rings. The van der Waals surface area contributed by atoms with Crippen molar-refractivity contribution < 1.29 is 5.11 Å². The summed E-state index contributed by atoms with van der Waals surface area (Å²) in [6.45, 7) is 1.94. The molecule has 0 radical (unpaired) electrons. The van der Waals surface area contributed by atoms with E-state index in [9.17, 15) is 5.11 Å². The van der Waals surface area contributed by atoms with Gasteiger partial charge < -0.3 is 5.11 Å². The molecule has 2 aromatic carbocycles. The second kappa shape index (κ2) is 5.95. The molecule has 1 N–H and O–H groups in total. The first kappa shape index (κ1) is 14.4. The Morgan fingerprint density at radius 2 is 1.95 bits per heavy atom. The van der Waals surface area contributed by atoms with Gasteiger partial charge in [-0.3, -0.25) is 4.99 Å². The average Bonchev–Trinajstić information content (AvgIpc) is 2.33. The minimum Gasteiger partial charge on any atom is -0.506 e. The van der Waals surface area contributed by atoms with Gasteiger partial charge in [0.2, 0.25) is 0 Å². The summed E-state index contributed by atoms with van der Waals surface area (Å²) in [7, 11) is 0. The van der Waals surface area contributed by atoms with Gasteiger partial charge in [0.25, 0.3) is 0 Å². The second-order valence-corrected chi connectivity index (χ2v) is 5.74. The molecular weight excluding hydrogens is 349 g/mol. The number of rotatable bonds is 2. The van der Waals surface area contributed by atoms with E-state index in [0.717, 1.165) is 5.56 Å². The number of aromatic hydroxyl groups is 1. The summed E-state index contributed by atoms with van der Waals surface area (Å²) in [5.41, 5.74) is 2.24. The lowest BCUT2D eigenvalue weighted by molar-refractivity contribution is 0.471. The van der Waals surface area contributed by atoms with Gasteiger partial charge >= 0.3 is 0 Å². The quantitative estimate of drug-likeness (QED) is 0.704. The molecule has 0 heterocycles. The highest BCUT2D eigenvalue weighted by Gasteiger charge is 2.05. The van der Waals surface area contributed by atoms with Crippen molar-refractivity contribution in [3.63, 3.8) is 0 Å². The fraction of sp³-hybridized carbons (Fsp3) is 0.0714. The van der Waals surface area contributed by atoms with Crippen LogP contribution in [0.5, 0.6) is 5.75 Å². The highest BCUT2D eigenvalue weighted by Crippen LogP contribution is 2.30. The molecule has 0 aromatic heterocycles. The molecule has 0 unspecified atom stereocenters. The molecule has 0 atom stereocenters. The predicted octanol–water partition coefficient (Wildman–Crippen LogP) is 5.52. The van der Waals surface area contributed by atoms with Crippen LogP contribution in [0, 0.1) is 6.92 Å². The van der Waals surface area contributed by atoms with Crippen LogP contribution in [0.1, 0.15) is 11.1 Å². The maximum atomic E-state index is 9.92. The van der Waals surface area contributed by atoms with Crippen LogP contribution in [0.25, 0.3) is 0 Å². The molecule has 5 heteroatoms. The summed E-state index contributed by atoms with van der Waals surface area (Å²) in [4.78, 5) is 4.26. The molecule has 2 aromatic rings. The fourth-order valence-corrected chi connectivity index (χ4v) is 2.63. The normalized spacial score (nSPS) is 11.2. The topological polar surface area (TPSA) is 32.6 Å². The van der Waals surface area contributed by atoms with Crippen LogP contribution in [0.4, 0.5) is 5.69 Å². The van der Waals surface area contributed by atoms with Crippen molar-refractivity contribution in [1.29, 1.82) is 0 Å². The third-order valence-corrected chi connectivity index (χ3v) is 3.63. The molecular formula is C14H10BrCl2NO. The number of benzene rings is 2. The van der Waals surface area contributed by atoms with Gasteiger partial charge in [-0.25, -0.2) is 0 Å². The summed E-state index contributed by atoms with van der Waals surface area (Å²) in [6.07, 6.45) is 1.57. The highest BCUT2D eigenvalue weighted by atomic mass is 79.9. The number of halogens is 3. The van der Waals surface area contributed by atoms with Gasteiger partial charge in [-0.05, 0) is 58.7 Å². The van der Waals surface area contributed by atoms with E-state index < -0.39 is 0 Å². The van der Waals surface area contributed by atoms with E-state index in [0.29, 0.717) is 25.8 Å². The zero-order valence-electron chi connectivity index (χ0n) is 9.99. The molecule has 0 spiro atoms. The highest BCUT2D eigenvalue weighted by molar-refractivity contribution is 9.10. The summed E-state index contributed by atoms with van der Waals surface area (Å²) in [5, 5.41) is 10.9. The van der Waals surface area contributed by atoms with E-state index in [-0.39, 0.29) is 5.75 Å². The van der Waals surface area contributed by atoms with Crippen molar-refractivity contribution >= 4 is 51.0 Å². The molecule has 0 amide bonds. The molecule has 0 aliphatic heterocycles. The Hall–Kier alpha value is -1.03. The zero-order valence-corrected chi connectivity index (χ0v) is 13.1. The van der Waals surface area contributed by atoms with Crippen molar-refractivity contribution in [3.8, 4) is 5.75 Å². The Morgan fingerprint density at radius 1 is 1.21 bits per heavy atom. The molecule has 0 saturated carbocycles. The first-order valence-electron chi connectivity index (χ1n) is 5.45. The van der Waals surface area contributed by atoms with E-state index >= 15 is 0 Å². The van der Waals surface area contributed by atoms with Crippen molar-refractivity contribution in [1.82, 2.24) is 0 Å². The lowest BCUT2D eigenvalue weighted by Crippen LogP contribution is -1.86. The molecule has 2 nitrogen and oxygen atoms in total. The summed E-state index contributed by atoms with van der Waals surface area (Å²) < 4.78 is 0.635. The lowest BCUT2D eigenvalue weighted by Gasteiger charge is -2.04. The number of aryl methyl sites for hydroxylation is 1. The Kier molecular flexibility index (Phi) is 4.50. The second-order valence-electron chi connectivity index (χ2n) is 4.04. The first-order valence-corrected chi connectivity index (χ1v) is 7.00. The van der Waals surface area contributed by atoms with Crippen LogP contribution in [-0.2, 0) is 0 Å². The number of phenolic OH excluding ortho intramolecular Hbond substituents is 1. The molecule has 19 heavy (non-hydrogen) atoms. The monoisotopic (exact) mass is 357 g/mol. The van der Waals surface area contributed by atoms with Gasteiger partial charge in [-0.15, -0.1) is 0 Å².